The lowest BCUT2D eigenvalue weighted by atomic mass is 10.3. The molecule has 1 aromatic heterocycles. The Labute approximate surface area is 101 Å². The molecular formula is C12H11FN2OS. The quantitative estimate of drug-likeness (QED) is 0.849. The minimum Gasteiger partial charge on any atom is -0.398 e. The van der Waals surface area contributed by atoms with E-state index in [1.807, 2.05) is 6.07 Å². The molecule has 0 aliphatic rings. The second-order valence-electron chi connectivity index (χ2n) is 3.49. The van der Waals surface area contributed by atoms with Gasteiger partial charge in [-0.05, 0) is 30.3 Å². The average Bonchev–Trinajstić information content (AvgIpc) is 2.30. The minimum atomic E-state index is -1.31. The maximum Gasteiger partial charge on any atom is 0.125 e. The lowest BCUT2D eigenvalue weighted by Crippen LogP contribution is -2.02. The number of aromatic nitrogens is 1. The fourth-order valence-electron chi connectivity index (χ4n) is 1.42. The first-order valence-electron chi connectivity index (χ1n) is 5.00. The van der Waals surface area contributed by atoms with Crippen molar-refractivity contribution in [2.45, 2.75) is 10.6 Å². The molecule has 2 rings (SSSR count). The van der Waals surface area contributed by atoms with E-state index < -0.39 is 16.6 Å². The molecule has 0 saturated heterocycles. The van der Waals surface area contributed by atoms with E-state index in [0.717, 1.165) is 5.69 Å². The van der Waals surface area contributed by atoms with Crippen LogP contribution in [0.4, 0.5) is 10.1 Å². The summed E-state index contributed by atoms with van der Waals surface area (Å²) in [5, 5.41) is 0. The molecule has 3 nitrogen and oxygen atoms in total. The maximum absolute atomic E-state index is 12.8. The van der Waals surface area contributed by atoms with Crippen molar-refractivity contribution in [3.8, 4) is 0 Å². The molecular weight excluding hydrogens is 239 g/mol. The molecule has 0 aliphatic heterocycles. The number of hydrogen-bond acceptors (Lipinski definition) is 3. The van der Waals surface area contributed by atoms with Gasteiger partial charge in [0.05, 0.1) is 32.8 Å². The van der Waals surface area contributed by atoms with Gasteiger partial charge in [-0.15, -0.1) is 0 Å². The maximum atomic E-state index is 12.8. The molecule has 0 radical (unpaired) electrons. The Balaban J connectivity index is 2.21. The van der Waals surface area contributed by atoms with Crippen molar-refractivity contribution in [3.63, 3.8) is 0 Å². The summed E-state index contributed by atoms with van der Waals surface area (Å²) >= 11 is 0. The van der Waals surface area contributed by atoms with Crippen LogP contribution in [0, 0.1) is 5.82 Å². The van der Waals surface area contributed by atoms with Gasteiger partial charge in [0.1, 0.15) is 5.82 Å². The predicted molar refractivity (Wildman–Crippen MR) is 65.2 cm³/mol. The summed E-state index contributed by atoms with van der Waals surface area (Å²) in [6.07, 6.45) is 1.64. The van der Waals surface area contributed by atoms with E-state index >= 15 is 0 Å². The summed E-state index contributed by atoms with van der Waals surface area (Å²) in [6.45, 7) is 0. The number of halogens is 1. The Morgan fingerprint density at radius 2 is 2.12 bits per heavy atom. The van der Waals surface area contributed by atoms with E-state index in [9.17, 15) is 8.60 Å². The average molecular weight is 250 g/mol. The number of nitrogens with two attached hydrogens (primary N) is 1. The van der Waals surface area contributed by atoms with Gasteiger partial charge in [-0.25, -0.2) is 4.39 Å². The molecule has 5 heteroatoms. The van der Waals surface area contributed by atoms with Crippen LogP contribution in [0.2, 0.25) is 0 Å². The number of anilines is 1. The van der Waals surface area contributed by atoms with Crippen molar-refractivity contribution in [1.82, 2.24) is 4.98 Å². The van der Waals surface area contributed by atoms with Crippen molar-refractivity contribution in [2.75, 3.05) is 5.73 Å². The van der Waals surface area contributed by atoms with E-state index in [-0.39, 0.29) is 11.4 Å². The topological polar surface area (TPSA) is 56.0 Å². The third-order valence-corrected chi connectivity index (χ3v) is 3.64. The number of rotatable bonds is 3. The fraction of sp³-hybridized carbons (Fsp3) is 0.0833. The first-order chi connectivity index (χ1) is 8.16. The van der Waals surface area contributed by atoms with E-state index in [2.05, 4.69) is 4.98 Å². The highest BCUT2D eigenvalue weighted by Gasteiger charge is 2.10. The zero-order valence-electron chi connectivity index (χ0n) is 8.97. The van der Waals surface area contributed by atoms with E-state index in [1.54, 1.807) is 18.3 Å². The lowest BCUT2D eigenvalue weighted by Gasteiger charge is -2.05. The molecule has 0 amide bonds. The highest BCUT2D eigenvalue weighted by Crippen LogP contribution is 2.19. The molecule has 0 fully saturated rings. The highest BCUT2D eigenvalue weighted by molar-refractivity contribution is 7.84. The van der Waals surface area contributed by atoms with Gasteiger partial charge in [0.15, 0.2) is 0 Å². The van der Waals surface area contributed by atoms with Crippen LogP contribution >= 0.6 is 0 Å². The summed E-state index contributed by atoms with van der Waals surface area (Å²) in [7, 11) is -1.31. The van der Waals surface area contributed by atoms with Crippen LogP contribution in [0.3, 0.4) is 0 Å². The van der Waals surface area contributed by atoms with Gasteiger partial charge in [0.2, 0.25) is 0 Å². The van der Waals surface area contributed by atoms with Gasteiger partial charge in [0, 0.05) is 6.20 Å². The van der Waals surface area contributed by atoms with E-state index in [0.29, 0.717) is 4.90 Å². The van der Waals surface area contributed by atoms with Crippen molar-refractivity contribution in [2.24, 2.45) is 0 Å². The summed E-state index contributed by atoms with van der Waals surface area (Å²) in [5.74, 6) is -0.155. The van der Waals surface area contributed by atoms with Crippen LogP contribution in [-0.4, -0.2) is 9.19 Å². The van der Waals surface area contributed by atoms with Gasteiger partial charge < -0.3 is 5.73 Å². The smallest absolute Gasteiger partial charge is 0.125 e. The summed E-state index contributed by atoms with van der Waals surface area (Å²) in [6, 6.07) is 9.28. The molecule has 0 spiro atoms. The molecule has 2 aromatic rings. The molecule has 1 unspecified atom stereocenters. The largest absolute Gasteiger partial charge is 0.398 e. The Bertz CT molecular complexity index is 545. The molecule has 88 valence electrons. The van der Waals surface area contributed by atoms with Crippen LogP contribution in [0.5, 0.6) is 0 Å². The third kappa shape index (κ3) is 2.88. The van der Waals surface area contributed by atoms with Crippen molar-refractivity contribution >= 4 is 16.5 Å². The fourth-order valence-corrected chi connectivity index (χ4v) is 2.56. The second-order valence-corrected chi connectivity index (χ2v) is 4.91. The molecule has 0 saturated carbocycles. The third-order valence-electron chi connectivity index (χ3n) is 2.22. The first kappa shape index (κ1) is 11.7. The van der Waals surface area contributed by atoms with Crippen LogP contribution < -0.4 is 5.73 Å². The first-order valence-corrected chi connectivity index (χ1v) is 6.32. The van der Waals surface area contributed by atoms with E-state index in [4.69, 9.17) is 5.73 Å². The van der Waals surface area contributed by atoms with Gasteiger partial charge in [-0.1, -0.05) is 6.07 Å². The second kappa shape index (κ2) is 5.05. The van der Waals surface area contributed by atoms with Crippen LogP contribution in [0.15, 0.2) is 47.5 Å². The zero-order valence-corrected chi connectivity index (χ0v) is 9.78. The molecule has 2 N–H and O–H groups in total. The van der Waals surface area contributed by atoms with Crippen molar-refractivity contribution < 1.29 is 8.60 Å². The van der Waals surface area contributed by atoms with E-state index in [1.165, 1.54) is 18.2 Å². The molecule has 0 bridgehead atoms. The summed E-state index contributed by atoms with van der Waals surface area (Å²) in [4.78, 5) is 4.53. The summed E-state index contributed by atoms with van der Waals surface area (Å²) < 4.78 is 24.9. The number of nitrogen functional groups attached to an aromatic ring is 1. The number of pyridine rings is 1. The Morgan fingerprint density at radius 3 is 2.76 bits per heavy atom. The molecule has 1 atom stereocenters. The predicted octanol–water partition coefficient (Wildman–Crippen LogP) is 2.11. The lowest BCUT2D eigenvalue weighted by molar-refractivity contribution is 0.627. The SMILES string of the molecule is Nc1cc(F)ccc1S(=O)Cc1ccccn1. The Hall–Kier alpha value is -1.75. The summed E-state index contributed by atoms with van der Waals surface area (Å²) in [5.41, 5.74) is 6.55. The number of hydrogen-bond donors (Lipinski definition) is 1. The highest BCUT2D eigenvalue weighted by atomic mass is 32.2. The van der Waals surface area contributed by atoms with Gasteiger partial charge >= 0.3 is 0 Å². The van der Waals surface area contributed by atoms with Gasteiger partial charge in [-0.3, -0.25) is 9.19 Å². The zero-order chi connectivity index (χ0) is 12.3. The Morgan fingerprint density at radius 1 is 1.29 bits per heavy atom. The van der Waals surface area contributed by atoms with Gasteiger partial charge in [0.25, 0.3) is 0 Å². The molecule has 17 heavy (non-hydrogen) atoms. The normalized spacial score (nSPS) is 12.3. The molecule has 1 heterocycles. The van der Waals surface area contributed by atoms with Crippen LogP contribution in [0.1, 0.15) is 5.69 Å². The number of benzene rings is 1. The van der Waals surface area contributed by atoms with Crippen molar-refractivity contribution in [3.05, 3.63) is 54.1 Å². The van der Waals surface area contributed by atoms with Crippen LogP contribution in [-0.2, 0) is 16.6 Å². The minimum absolute atomic E-state index is 0.208. The number of nitrogens with zero attached hydrogens (tertiary/aromatic N) is 1. The molecule has 1 aromatic carbocycles. The Kier molecular flexibility index (Phi) is 3.49. The van der Waals surface area contributed by atoms with Crippen LogP contribution in [0.25, 0.3) is 0 Å². The van der Waals surface area contributed by atoms with Crippen molar-refractivity contribution in [1.29, 1.82) is 0 Å². The molecule has 0 aliphatic carbocycles. The standard InChI is InChI=1S/C12H11FN2OS/c13-9-4-5-12(11(14)7-9)17(16)8-10-3-1-2-6-15-10/h1-7H,8,14H2. The monoisotopic (exact) mass is 250 g/mol. The van der Waals surface area contributed by atoms with Gasteiger partial charge in [-0.2, -0.15) is 0 Å².